The quantitative estimate of drug-likeness (QED) is 0.633. The predicted molar refractivity (Wildman–Crippen MR) is 65.6 cm³/mol. The van der Waals surface area contributed by atoms with Crippen LogP contribution in [0.25, 0.3) is 10.1 Å². The molecule has 0 radical (unpaired) electrons. The van der Waals surface area contributed by atoms with Gasteiger partial charge in [-0.15, -0.1) is 11.3 Å². The minimum Gasteiger partial charge on any atom is -0.263 e. The minimum atomic E-state index is -3.86. The highest BCUT2D eigenvalue weighted by Gasteiger charge is 2.27. The Morgan fingerprint density at radius 1 is 1.35 bits per heavy atom. The Hall–Kier alpha value is -1.47. The third-order valence-corrected chi connectivity index (χ3v) is 5.22. The molecule has 0 fully saturated rings. The summed E-state index contributed by atoms with van der Waals surface area (Å²) in [4.78, 5) is 10.3. The first-order valence-corrected chi connectivity index (χ1v) is 7.21. The molecule has 0 aliphatic heterocycles. The van der Waals surface area contributed by atoms with E-state index in [0.717, 1.165) is 4.70 Å². The molecule has 0 spiro atoms. The van der Waals surface area contributed by atoms with Crippen molar-refractivity contribution >= 4 is 31.3 Å². The van der Waals surface area contributed by atoms with E-state index in [2.05, 4.69) is 0 Å². The Labute approximate surface area is 102 Å². The Bertz CT molecular complexity index is 687. The number of fused-ring (bicyclic) bond motifs is 1. The van der Waals surface area contributed by atoms with Gasteiger partial charge in [0.25, 0.3) is 0 Å². The molecular formula is C10H9NO4S2. The van der Waals surface area contributed by atoms with Crippen LogP contribution in [-0.4, -0.2) is 19.2 Å². The van der Waals surface area contributed by atoms with E-state index in [1.807, 2.05) is 6.07 Å². The molecule has 1 aromatic heterocycles. The standard InChI is InChI=1S/C10H9NO4S2/c1-7-10(17(14,15)6-11(12)13)8-4-2-3-5-9(8)16-7/h2-5H,6H2,1H3. The van der Waals surface area contributed by atoms with Crippen LogP contribution >= 0.6 is 11.3 Å². The molecule has 0 atom stereocenters. The highest BCUT2D eigenvalue weighted by Crippen LogP contribution is 2.34. The summed E-state index contributed by atoms with van der Waals surface area (Å²) < 4.78 is 24.6. The first kappa shape index (κ1) is 12.0. The predicted octanol–water partition coefficient (Wildman–Crippen LogP) is 2.22. The molecule has 0 saturated heterocycles. The zero-order chi connectivity index (χ0) is 12.6. The Kier molecular flexibility index (Phi) is 2.88. The van der Waals surface area contributed by atoms with Crippen molar-refractivity contribution in [3.8, 4) is 0 Å². The van der Waals surface area contributed by atoms with E-state index in [1.165, 1.54) is 11.3 Å². The van der Waals surface area contributed by atoms with Gasteiger partial charge in [0.05, 0.1) is 4.90 Å². The first-order valence-electron chi connectivity index (χ1n) is 4.74. The average molecular weight is 271 g/mol. The molecule has 1 heterocycles. The number of rotatable bonds is 3. The second-order valence-corrected chi connectivity index (χ2v) is 6.71. The van der Waals surface area contributed by atoms with Crippen molar-refractivity contribution in [3.63, 3.8) is 0 Å². The normalized spacial score (nSPS) is 11.8. The topological polar surface area (TPSA) is 77.3 Å². The number of sulfone groups is 1. The van der Waals surface area contributed by atoms with Crippen LogP contribution in [-0.2, 0) is 9.84 Å². The molecule has 0 aliphatic carbocycles. The lowest BCUT2D eigenvalue weighted by Gasteiger charge is -1.99. The van der Waals surface area contributed by atoms with E-state index in [1.54, 1.807) is 25.1 Å². The summed E-state index contributed by atoms with van der Waals surface area (Å²) in [5, 5.41) is 11.0. The molecule has 2 aromatic rings. The number of aryl methyl sites for hydroxylation is 1. The molecule has 0 N–H and O–H groups in total. The fraction of sp³-hybridized carbons (Fsp3) is 0.200. The summed E-state index contributed by atoms with van der Waals surface area (Å²) in [5.74, 6) is -1.06. The summed E-state index contributed by atoms with van der Waals surface area (Å²) in [6.07, 6.45) is 0. The van der Waals surface area contributed by atoms with Gasteiger partial charge in [0.15, 0.2) is 0 Å². The van der Waals surface area contributed by atoms with Crippen LogP contribution in [0.15, 0.2) is 29.2 Å². The molecule has 2 rings (SSSR count). The van der Waals surface area contributed by atoms with Crippen LogP contribution in [0.1, 0.15) is 4.88 Å². The molecule has 0 saturated carbocycles. The maximum Gasteiger partial charge on any atom is 0.306 e. The molecule has 0 bridgehead atoms. The van der Waals surface area contributed by atoms with Gasteiger partial charge in [-0.3, -0.25) is 10.1 Å². The molecule has 17 heavy (non-hydrogen) atoms. The van der Waals surface area contributed by atoms with Crippen molar-refractivity contribution in [2.24, 2.45) is 0 Å². The van der Waals surface area contributed by atoms with Gasteiger partial charge in [0, 0.05) is 19.9 Å². The van der Waals surface area contributed by atoms with E-state index in [0.29, 0.717) is 10.3 Å². The average Bonchev–Trinajstić information content (AvgIpc) is 2.51. The van der Waals surface area contributed by atoms with E-state index in [4.69, 9.17) is 0 Å². The van der Waals surface area contributed by atoms with Gasteiger partial charge in [-0.25, -0.2) is 8.42 Å². The largest absolute Gasteiger partial charge is 0.306 e. The number of hydrogen-bond donors (Lipinski definition) is 0. The minimum absolute atomic E-state index is 0.0924. The summed E-state index contributed by atoms with van der Waals surface area (Å²) in [6.45, 7) is 1.66. The fourth-order valence-corrected chi connectivity index (χ4v) is 4.62. The number of benzene rings is 1. The number of nitro groups is 1. The first-order chi connectivity index (χ1) is 7.92. The third-order valence-electron chi connectivity index (χ3n) is 2.30. The van der Waals surface area contributed by atoms with E-state index >= 15 is 0 Å². The summed E-state index contributed by atoms with van der Waals surface area (Å²) >= 11 is 1.33. The van der Waals surface area contributed by atoms with Crippen LogP contribution in [0.2, 0.25) is 0 Å². The van der Waals surface area contributed by atoms with E-state index < -0.39 is 20.6 Å². The molecule has 0 amide bonds. The molecule has 0 unspecified atom stereocenters. The van der Waals surface area contributed by atoms with Crippen molar-refractivity contribution in [3.05, 3.63) is 39.3 Å². The molecule has 90 valence electrons. The van der Waals surface area contributed by atoms with Crippen LogP contribution in [0.3, 0.4) is 0 Å². The summed E-state index contributed by atoms with van der Waals surface area (Å²) in [7, 11) is -3.86. The smallest absolute Gasteiger partial charge is 0.263 e. The second-order valence-electron chi connectivity index (χ2n) is 3.56. The molecule has 0 aliphatic rings. The van der Waals surface area contributed by atoms with Crippen LogP contribution in [0.5, 0.6) is 0 Å². The molecular weight excluding hydrogens is 262 g/mol. The zero-order valence-electron chi connectivity index (χ0n) is 8.91. The molecule has 1 aromatic carbocycles. The van der Waals surface area contributed by atoms with Crippen molar-refractivity contribution < 1.29 is 13.3 Å². The van der Waals surface area contributed by atoms with Crippen LogP contribution < -0.4 is 0 Å². The number of hydrogen-bond acceptors (Lipinski definition) is 5. The van der Waals surface area contributed by atoms with Gasteiger partial charge in [-0.05, 0) is 13.0 Å². The van der Waals surface area contributed by atoms with Gasteiger partial charge in [0.1, 0.15) is 0 Å². The molecule has 5 nitrogen and oxygen atoms in total. The Morgan fingerprint density at radius 3 is 2.65 bits per heavy atom. The molecule has 7 heteroatoms. The van der Waals surface area contributed by atoms with Gasteiger partial charge >= 0.3 is 5.88 Å². The number of nitrogens with zero attached hydrogens (tertiary/aromatic N) is 1. The maximum absolute atomic E-state index is 11.9. The van der Waals surface area contributed by atoms with Crippen molar-refractivity contribution in [1.29, 1.82) is 0 Å². The third kappa shape index (κ3) is 2.16. The van der Waals surface area contributed by atoms with Gasteiger partial charge < -0.3 is 0 Å². The van der Waals surface area contributed by atoms with Gasteiger partial charge in [0.2, 0.25) is 9.84 Å². The monoisotopic (exact) mass is 271 g/mol. The van der Waals surface area contributed by atoms with Gasteiger partial charge in [-0.1, -0.05) is 18.2 Å². The lowest BCUT2D eigenvalue weighted by atomic mass is 10.2. The summed E-state index contributed by atoms with van der Waals surface area (Å²) in [6, 6.07) is 7.01. The second kappa shape index (κ2) is 4.08. The number of thiophene rings is 1. The lowest BCUT2D eigenvalue weighted by Crippen LogP contribution is -2.14. The van der Waals surface area contributed by atoms with E-state index in [9.17, 15) is 18.5 Å². The maximum atomic E-state index is 11.9. The van der Waals surface area contributed by atoms with Crippen molar-refractivity contribution in [1.82, 2.24) is 0 Å². The van der Waals surface area contributed by atoms with Crippen LogP contribution in [0, 0.1) is 17.0 Å². The van der Waals surface area contributed by atoms with Crippen molar-refractivity contribution in [2.45, 2.75) is 11.8 Å². The lowest BCUT2D eigenvalue weighted by molar-refractivity contribution is -0.458. The van der Waals surface area contributed by atoms with Crippen molar-refractivity contribution in [2.75, 3.05) is 5.88 Å². The van der Waals surface area contributed by atoms with Gasteiger partial charge in [-0.2, -0.15) is 0 Å². The highest BCUT2D eigenvalue weighted by molar-refractivity contribution is 7.91. The fourth-order valence-electron chi connectivity index (χ4n) is 1.73. The summed E-state index contributed by atoms with van der Waals surface area (Å²) in [5.41, 5.74) is 0. The van der Waals surface area contributed by atoms with Crippen LogP contribution in [0.4, 0.5) is 0 Å². The SMILES string of the molecule is Cc1sc2ccccc2c1S(=O)(=O)C[N+](=O)[O-]. The highest BCUT2D eigenvalue weighted by atomic mass is 32.2. The zero-order valence-corrected chi connectivity index (χ0v) is 10.5. The van der Waals surface area contributed by atoms with E-state index in [-0.39, 0.29) is 4.90 Å². The Balaban J connectivity index is 2.71. The Morgan fingerprint density at radius 2 is 2.00 bits per heavy atom.